The van der Waals surface area contributed by atoms with E-state index in [0.717, 1.165) is 74.9 Å². The molecule has 3 aromatic carbocycles. The van der Waals surface area contributed by atoms with E-state index in [9.17, 15) is 14.4 Å². The minimum Gasteiger partial charge on any atom is -0.455 e. The third-order valence-electron chi connectivity index (χ3n) is 11.0. The van der Waals surface area contributed by atoms with Crippen LogP contribution in [0.1, 0.15) is 60.4 Å². The van der Waals surface area contributed by atoms with Gasteiger partial charge >= 0.3 is 0 Å². The molecule has 6 rings (SSSR count). The van der Waals surface area contributed by atoms with E-state index in [0.29, 0.717) is 39.5 Å². The summed E-state index contributed by atoms with van der Waals surface area (Å²) in [6.07, 6.45) is 5.61. The van der Waals surface area contributed by atoms with Gasteiger partial charge in [-0.05, 0) is 49.1 Å². The summed E-state index contributed by atoms with van der Waals surface area (Å²) < 4.78 is 7.03. The van der Waals surface area contributed by atoms with Crippen molar-refractivity contribution in [2.24, 2.45) is 0 Å². The second kappa shape index (κ2) is 15.3. The summed E-state index contributed by atoms with van der Waals surface area (Å²) in [6.45, 7) is 4.62. The van der Waals surface area contributed by atoms with Crippen molar-refractivity contribution in [3.05, 3.63) is 104 Å². The molecule has 0 spiro atoms. The number of hydrogen-bond acceptors (Lipinski definition) is 5. The first kappa shape index (κ1) is 36.1. The molecule has 1 aromatic heterocycles. The number of hydrogen-bond donors (Lipinski definition) is 1. The van der Waals surface area contributed by atoms with Crippen LogP contribution < -0.4 is 10.7 Å². The van der Waals surface area contributed by atoms with Gasteiger partial charge in [-0.25, -0.2) is 0 Å². The molecule has 0 bridgehead atoms. The minimum atomic E-state index is -0.506. The summed E-state index contributed by atoms with van der Waals surface area (Å²) in [5.74, 6) is -0.0923. The number of fused-ring (bicyclic) bond motifs is 1. The number of amides is 2. The molecule has 2 aliphatic heterocycles. The normalized spacial score (nSPS) is 17.6. The van der Waals surface area contributed by atoms with Crippen LogP contribution in [0.15, 0.2) is 82.0 Å². The van der Waals surface area contributed by atoms with Crippen molar-refractivity contribution in [2.75, 3.05) is 60.4 Å². The lowest BCUT2D eigenvalue weighted by Crippen LogP contribution is -2.74. The highest BCUT2D eigenvalue weighted by atomic mass is 35.5. The van der Waals surface area contributed by atoms with Crippen LogP contribution in [0.25, 0.3) is 22.3 Å². The van der Waals surface area contributed by atoms with Crippen LogP contribution in [0.5, 0.6) is 0 Å². The predicted octanol–water partition coefficient (Wildman–Crippen LogP) is 7.22. The number of para-hydroxylation sites is 1. The van der Waals surface area contributed by atoms with Crippen molar-refractivity contribution in [1.82, 2.24) is 15.1 Å². The number of halogens is 2. The van der Waals surface area contributed by atoms with Crippen molar-refractivity contribution in [1.29, 1.82) is 0 Å². The van der Waals surface area contributed by atoms with Gasteiger partial charge in [0.2, 0.25) is 5.43 Å². The number of rotatable bonds is 10. The Labute approximate surface area is 304 Å². The Morgan fingerprint density at radius 1 is 0.900 bits per heavy atom. The Kier molecular flexibility index (Phi) is 11.0. The Hall–Kier alpha value is -3.69. The van der Waals surface area contributed by atoms with Gasteiger partial charge in [-0.1, -0.05) is 71.7 Å². The SMILES string of the molecule is CN(C)C(=O)C1([N+]2(CCC(CN(C)C(=O)c3c(-c4ccccc4)oc4ccccc4c3=O)c3ccc(Cl)c(Cl)c3)CCCCC2)CCNCC1. The van der Waals surface area contributed by atoms with Crippen LogP contribution in [-0.4, -0.2) is 92.0 Å². The molecule has 8 nitrogen and oxygen atoms in total. The van der Waals surface area contributed by atoms with Gasteiger partial charge in [0.1, 0.15) is 11.1 Å². The molecule has 0 aliphatic carbocycles. The van der Waals surface area contributed by atoms with Crippen LogP contribution in [0.2, 0.25) is 10.0 Å². The number of carbonyl (C=O) groups excluding carboxylic acids is 2. The quantitative estimate of drug-likeness (QED) is 0.175. The van der Waals surface area contributed by atoms with Crippen LogP contribution in [0.4, 0.5) is 0 Å². The molecule has 1 unspecified atom stereocenters. The summed E-state index contributed by atoms with van der Waals surface area (Å²) in [4.78, 5) is 46.1. The zero-order valence-electron chi connectivity index (χ0n) is 29.2. The predicted molar refractivity (Wildman–Crippen MR) is 201 cm³/mol. The average Bonchev–Trinajstić information content (AvgIpc) is 3.14. The number of nitrogens with one attached hydrogen (secondary N) is 1. The molecular formula is C40H47Cl2N4O4+. The van der Waals surface area contributed by atoms with Gasteiger partial charge in [0, 0.05) is 71.5 Å². The van der Waals surface area contributed by atoms with Crippen molar-refractivity contribution in [3.8, 4) is 11.3 Å². The van der Waals surface area contributed by atoms with Crippen molar-refractivity contribution in [3.63, 3.8) is 0 Å². The number of likely N-dealkylation sites (tertiary alicyclic amines) is 1. The van der Waals surface area contributed by atoms with E-state index >= 15 is 0 Å². The van der Waals surface area contributed by atoms with Crippen LogP contribution in [0.3, 0.4) is 0 Å². The molecule has 2 aliphatic rings. The van der Waals surface area contributed by atoms with E-state index < -0.39 is 11.4 Å². The fourth-order valence-electron chi connectivity index (χ4n) is 8.40. The summed E-state index contributed by atoms with van der Waals surface area (Å²) in [5, 5.41) is 4.76. The molecule has 50 heavy (non-hydrogen) atoms. The zero-order chi connectivity index (χ0) is 35.5. The summed E-state index contributed by atoms with van der Waals surface area (Å²) in [7, 11) is 5.49. The third kappa shape index (κ3) is 6.96. The van der Waals surface area contributed by atoms with Crippen LogP contribution >= 0.6 is 23.2 Å². The molecule has 0 radical (unpaired) electrons. The fourth-order valence-corrected chi connectivity index (χ4v) is 8.70. The standard InChI is InChI=1S/C40H47Cl2N4O4/c1-44(2)39(49)40(19-21-43-22-20-40)46(23-10-5-11-24-46)25-18-30(29-16-17-32(41)33(42)26-29)27-45(3)38(48)35-36(47)31-14-8-9-15-34(31)50-37(35)28-12-6-4-7-13-28/h4,6-9,12-17,26,30,43H,5,10-11,18-25,27H2,1-3H3/q+1. The number of likely N-dealkylation sites (N-methyl/N-ethyl adjacent to an activating group) is 2. The highest BCUT2D eigenvalue weighted by molar-refractivity contribution is 6.42. The molecule has 4 aromatic rings. The maximum absolute atomic E-state index is 14.5. The lowest BCUT2D eigenvalue weighted by Gasteiger charge is -2.56. The first-order valence-electron chi connectivity index (χ1n) is 17.7. The smallest absolute Gasteiger partial charge is 0.283 e. The number of benzene rings is 3. The highest BCUT2D eigenvalue weighted by Gasteiger charge is 2.57. The third-order valence-corrected chi connectivity index (χ3v) is 11.8. The van der Waals surface area contributed by atoms with Gasteiger partial charge in [0.25, 0.3) is 11.8 Å². The Morgan fingerprint density at radius 3 is 2.26 bits per heavy atom. The van der Waals surface area contributed by atoms with Gasteiger partial charge in [-0.2, -0.15) is 0 Å². The summed E-state index contributed by atoms with van der Waals surface area (Å²) >= 11 is 13.0. The maximum Gasteiger partial charge on any atom is 0.283 e. The number of piperidine rings is 2. The van der Waals surface area contributed by atoms with Crippen molar-refractivity contribution in [2.45, 2.75) is 50.0 Å². The topological polar surface area (TPSA) is 82.9 Å². The zero-order valence-corrected chi connectivity index (χ0v) is 30.7. The highest BCUT2D eigenvalue weighted by Crippen LogP contribution is 2.41. The Balaban J connectivity index is 1.37. The Bertz CT molecular complexity index is 1900. The van der Waals surface area contributed by atoms with Gasteiger partial charge in [-0.15, -0.1) is 0 Å². The molecule has 1 atom stereocenters. The van der Waals surface area contributed by atoms with E-state index in [2.05, 4.69) is 5.32 Å². The molecule has 2 fully saturated rings. The van der Waals surface area contributed by atoms with Gasteiger partial charge in [-0.3, -0.25) is 14.4 Å². The number of carbonyl (C=O) groups is 2. The monoisotopic (exact) mass is 717 g/mol. The van der Waals surface area contributed by atoms with Crippen LogP contribution in [-0.2, 0) is 4.79 Å². The maximum atomic E-state index is 14.5. The average molecular weight is 719 g/mol. The van der Waals surface area contributed by atoms with Gasteiger partial charge in [0.05, 0.1) is 35.1 Å². The molecule has 0 saturated carbocycles. The van der Waals surface area contributed by atoms with Gasteiger partial charge < -0.3 is 24.0 Å². The summed E-state index contributed by atoms with van der Waals surface area (Å²) in [5.41, 5.74) is 1.19. The Morgan fingerprint density at radius 2 is 1.58 bits per heavy atom. The van der Waals surface area contributed by atoms with Crippen molar-refractivity contribution >= 4 is 46.0 Å². The van der Waals surface area contributed by atoms with Crippen LogP contribution in [0, 0.1) is 0 Å². The van der Waals surface area contributed by atoms with E-state index in [1.807, 2.05) is 62.6 Å². The largest absolute Gasteiger partial charge is 0.455 e. The molecule has 2 saturated heterocycles. The fraction of sp³-hybridized carbons (Fsp3) is 0.425. The van der Waals surface area contributed by atoms with E-state index in [1.54, 1.807) is 41.1 Å². The molecular weight excluding hydrogens is 671 g/mol. The second-order valence-corrected chi connectivity index (χ2v) is 15.0. The lowest BCUT2D eigenvalue weighted by atomic mass is 9.79. The summed E-state index contributed by atoms with van der Waals surface area (Å²) in [6, 6.07) is 22.0. The van der Waals surface area contributed by atoms with E-state index in [4.69, 9.17) is 27.6 Å². The number of quaternary nitrogens is 1. The van der Waals surface area contributed by atoms with Crippen molar-refractivity contribution < 1.29 is 18.5 Å². The minimum absolute atomic E-state index is 0.00931. The first-order valence-corrected chi connectivity index (χ1v) is 18.4. The molecule has 1 N–H and O–H groups in total. The number of nitrogens with zero attached hydrogens (tertiary/aromatic N) is 3. The van der Waals surface area contributed by atoms with E-state index in [-0.39, 0.29) is 28.6 Å². The first-order chi connectivity index (χ1) is 24.1. The van der Waals surface area contributed by atoms with Gasteiger partial charge in [0.15, 0.2) is 11.3 Å². The molecule has 264 valence electrons. The molecule has 3 heterocycles. The second-order valence-electron chi connectivity index (χ2n) is 14.2. The molecule has 2 amide bonds. The van der Waals surface area contributed by atoms with E-state index in [1.165, 1.54) is 0 Å². The molecule has 10 heteroatoms. The lowest BCUT2D eigenvalue weighted by molar-refractivity contribution is -0.972.